The van der Waals surface area contributed by atoms with E-state index in [1.807, 2.05) is 30.3 Å². The van der Waals surface area contributed by atoms with Crippen LogP contribution in [-0.4, -0.2) is 18.5 Å². The molecule has 6 nitrogen and oxygen atoms in total. The van der Waals surface area contributed by atoms with Crippen molar-refractivity contribution in [3.05, 3.63) is 60.5 Å². The molecule has 1 heterocycles. The average molecular weight is 344 g/mol. The van der Waals surface area contributed by atoms with Gasteiger partial charge in [0.25, 0.3) is 0 Å². The van der Waals surface area contributed by atoms with Crippen LogP contribution in [-0.2, 0) is 10.0 Å². The molecule has 1 atom stereocenters. The lowest BCUT2D eigenvalue weighted by atomic mass is 10.1. The molecule has 0 saturated carbocycles. The minimum atomic E-state index is -3.76. The monoisotopic (exact) mass is 344 g/mol. The summed E-state index contributed by atoms with van der Waals surface area (Å²) in [5.74, 6) is 0.650. The van der Waals surface area contributed by atoms with Crippen LogP contribution in [0.2, 0.25) is 0 Å². The number of nitrogens with two attached hydrogens (primary N) is 1. The van der Waals surface area contributed by atoms with Crippen LogP contribution < -0.4 is 5.14 Å². The predicted molar refractivity (Wildman–Crippen MR) is 89.4 cm³/mol. The van der Waals surface area contributed by atoms with Gasteiger partial charge in [-0.2, -0.15) is 0 Å². The normalized spacial score (nSPS) is 13.0. The van der Waals surface area contributed by atoms with Crippen LogP contribution in [0.3, 0.4) is 0 Å². The fourth-order valence-electron chi connectivity index (χ4n) is 2.30. The standard InChI is InChI=1S/C17H16N2O4S/c1-11(20)17-19-15(12-5-3-2-4-6-12)16(23-17)13-7-9-14(10-8-13)24(18,21)22/h2-11,20H,1H3,(H2,18,21,22). The first-order chi connectivity index (χ1) is 11.4. The van der Waals surface area contributed by atoms with Gasteiger partial charge in [0.15, 0.2) is 5.76 Å². The van der Waals surface area contributed by atoms with Gasteiger partial charge in [0.1, 0.15) is 11.8 Å². The zero-order valence-corrected chi connectivity index (χ0v) is 13.7. The molecule has 0 bridgehead atoms. The van der Waals surface area contributed by atoms with E-state index < -0.39 is 16.1 Å². The van der Waals surface area contributed by atoms with Crippen molar-refractivity contribution in [3.63, 3.8) is 0 Å². The zero-order chi connectivity index (χ0) is 17.3. The number of aromatic nitrogens is 1. The lowest BCUT2D eigenvalue weighted by Gasteiger charge is -2.03. The Bertz CT molecular complexity index is 946. The van der Waals surface area contributed by atoms with Crippen LogP contribution in [0.25, 0.3) is 22.6 Å². The SMILES string of the molecule is CC(O)c1nc(-c2ccccc2)c(-c2ccc(S(N)(=O)=O)cc2)o1. The lowest BCUT2D eigenvalue weighted by Crippen LogP contribution is -2.11. The molecule has 0 fully saturated rings. The van der Waals surface area contributed by atoms with E-state index in [0.717, 1.165) is 5.56 Å². The van der Waals surface area contributed by atoms with Gasteiger partial charge < -0.3 is 9.52 Å². The summed E-state index contributed by atoms with van der Waals surface area (Å²) >= 11 is 0. The van der Waals surface area contributed by atoms with E-state index in [1.165, 1.54) is 12.1 Å². The van der Waals surface area contributed by atoms with Crippen molar-refractivity contribution < 1.29 is 17.9 Å². The molecular formula is C17H16N2O4S. The highest BCUT2D eigenvalue weighted by Crippen LogP contribution is 2.34. The summed E-state index contributed by atoms with van der Waals surface area (Å²) in [6, 6.07) is 15.4. The molecule has 0 aliphatic rings. The number of aliphatic hydroxyl groups is 1. The Morgan fingerprint density at radius 1 is 1.04 bits per heavy atom. The third-order valence-electron chi connectivity index (χ3n) is 3.49. The maximum atomic E-state index is 11.4. The molecule has 3 aromatic rings. The Kier molecular flexibility index (Phi) is 4.23. The second kappa shape index (κ2) is 6.20. The van der Waals surface area contributed by atoms with E-state index in [9.17, 15) is 13.5 Å². The van der Waals surface area contributed by atoms with Gasteiger partial charge in [-0.3, -0.25) is 0 Å². The van der Waals surface area contributed by atoms with Crippen molar-refractivity contribution in [2.24, 2.45) is 5.14 Å². The molecule has 0 aliphatic carbocycles. The molecule has 3 rings (SSSR count). The van der Waals surface area contributed by atoms with Gasteiger partial charge in [0, 0.05) is 11.1 Å². The van der Waals surface area contributed by atoms with Crippen molar-refractivity contribution in [1.82, 2.24) is 4.98 Å². The van der Waals surface area contributed by atoms with Gasteiger partial charge in [-0.15, -0.1) is 0 Å². The maximum absolute atomic E-state index is 11.4. The Hall–Kier alpha value is -2.48. The number of nitrogens with zero attached hydrogens (tertiary/aromatic N) is 1. The summed E-state index contributed by atoms with van der Waals surface area (Å²) in [5, 5.41) is 14.9. The molecule has 0 amide bonds. The zero-order valence-electron chi connectivity index (χ0n) is 12.9. The summed E-state index contributed by atoms with van der Waals surface area (Å²) in [5.41, 5.74) is 2.05. The van der Waals surface area contributed by atoms with Crippen LogP contribution in [0.1, 0.15) is 18.9 Å². The van der Waals surface area contributed by atoms with Crippen LogP contribution >= 0.6 is 0 Å². The molecule has 3 N–H and O–H groups in total. The highest BCUT2D eigenvalue weighted by atomic mass is 32.2. The number of aliphatic hydroxyl groups excluding tert-OH is 1. The molecule has 0 spiro atoms. The van der Waals surface area contributed by atoms with E-state index in [-0.39, 0.29) is 10.8 Å². The third-order valence-corrected chi connectivity index (χ3v) is 4.42. The van der Waals surface area contributed by atoms with Gasteiger partial charge in [-0.25, -0.2) is 18.5 Å². The van der Waals surface area contributed by atoms with Gasteiger partial charge >= 0.3 is 0 Å². The van der Waals surface area contributed by atoms with Crippen molar-refractivity contribution >= 4 is 10.0 Å². The van der Waals surface area contributed by atoms with Crippen molar-refractivity contribution in [3.8, 4) is 22.6 Å². The molecular weight excluding hydrogens is 328 g/mol. The Morgan fingerprint density at radius 2 is 1.67 bits per heavy atom. The fourth-order valence-corrected chi connectivity index (χ4v) is 2.81. The molecule has 24 heavy (non-hydrogen) atoms. The summed E-state index contributed by atoms with van der Waals surface area (Å²) in [6.45, 7) is 1.56. The second-order valence-corrected chi connectivity index (χ2v) is 6.90. The summed E-state index contributed by atoms with van der Waals surface area (Å²) in [6.07, 6.45) is -0.857. The van der Waals surface area contributed by atoms with Crippen LogP contribution in [0.4, 0.5) is 0 Å². The van der Waals surface area contributed by atoms with E-state index in [4.69, 9.17) is 9.56 Å². The molecule has 1 aromatic heterocycles. The minimum absolute atomic E-state index is 0.0165. The highest BCUT2D eigenvalue weighted by Gasteiger charge is 2.19. The summed E-state index contributed by atoms with van der Waals surface area (Å²) in [4.78, 5) is 4.38. The molecule has 1 unspecified atom stereocenters. The van der Waals surface area contributed by atoms with Crippen LogP contribution in [0, 0.1) is 0 Å². The van der Waals surface area contributed by atoms with Crippen LogP contribution in [0.5, 0.6) is 0 Å². The molecule has 7 heteroatoms. The number of rotatable bonds is 4. The van der Waals surface area contributed by atoms with E-state index >= 15 is 0 Å². The Morgan fingerprint density at radius 3 is 2.21 bits per heavy atom. The Balaban J connectivity index is 2.13. The summed E-state index contributed by atoms with van der Waals surface area (Å²) in [7, 11) is -3.76. The molecule has 0 saturated heterocycles. The molecule has 0 aliphatic heterocycles. The maximum Gasteiger partial charge on any atom is 0.238 e. The first-order valence-electron chi connectivity index (χ1n) is 7.23. The number of benzene rings is 2. The molecule has 124 valence electrons. The van der Waals surface area contributed by atoms with Gasteiger partial charge in [0.05, 0.1) is 4.90 Å². The van der Waals surface area contributed by atoms with Gasteiger partial charge in [-0.05, 0) is 31.2 Å². The van der Waals surface area contributed by atoms with Gasteiger partial charge in [0.2, 0.25) is 15.9 Å². The first kappa shape index (κ1) is 16.4. The highest BCUT2D eigenvalue weighted by molar-refractivity contribution is 7.89. The number of oxazole rings is 1. The van der Waals surface area contributed by atoms with E-state index in [1.54, 1.807) is 19.1 Å². The second-order valence-electron chi connectivity index (χ2n) is 5.34. The third kappa shape index (κ3) is 3.23. The number of hydrogen-bond acceptors (Lipinski definition) is 5. The number of hydrogen-bond donors (Lipinski definition) is 2. The van der Waals surface area contributed by atoms with Crippen molar-refractivity contribution in [1.29, 1.82) is 0 Å². The largest absolute Gasteiger partial charge is 0.437 e. The minimum Gasteiger partial charge on any atom is -0.437 e. The average Bonchev–Trinajstić information content (AvgIpc) is 3.00. The topological polar surface area (TPSA) is 106 Å². The smallest absolute Gasteiger partial charge is 0.238 e. The van der Waals surface area contributed by atoms with Gasteiger partial charge in [-0.1, -0.05) is 30.3 Å². The van der Waals surface area contributed by atoms with E-state index in [0.29, 0.717) is 17.0 Å². The van der Waals surface area contributed by atoms with Crippen molar-refractivity contribution in [2.45, 2.75) is 17.9 Å². The van der Waals surface area contributed by atoms with Crippen LogP contribution in [0.15, 0.2) is 63.9 Å². The summed E-state index contributed by atoms with van der Waals surface area (Å²) < 4.78 is 28.4. The molecule has 2 aromatic carbocycles. The lowest BCUT2D eigenvalue weighted by molar-refractivity contribution is 0.164. The number of primary sulfonamides is 1. The fraction of sp³-hybridized carbons (Fsp3) is 0.118. The predicted octanol–water partition coefficient (Wildman–Crippen LogP) is 2.71. The van der Waals surface area contributed by atoms with E-state index in [2.05, 4.69) is 4.98 Å². The number of sulfonamides is 1. The Labute approximate surface area is 139 Å². The van der Waals surface area contributed by atoms with Crippen molar-refractivity contribution in [2.75, 3.05) is 0 Å². The molecule has 0 radical (unpaired) electrons. The quantitative estimate of drug-likeness (QED) is 0.757. The first-order valence-corrected chi connectivity index (χ1v) is 8.78.